The molecule has 0 spiro atoms. The standard InChI is InChI=1S/C13H27N/c1-4-6-11(3)9-13(14)8-7-12(5-2)10-13/h11-12H,4-10,14H2,1-3H3. The molecule has 1 aliphatic rings. The fourth-order valence-electron chi connectivity index (χ4n) is 3.09. The van der Waals surface area contributed by atoms with E-state index in [9.17, 15) is 0 Å². The van der Waals surface area contributed by atoms with Gasteiger partial charge in [-0.15, -0.1) is 0 Å². The van der Waals surface area contributed by atoms with Crippen LogP contribution in [-0.4, -0.2) is 5.54 Å². The van der Waals surface area contributed by atoms with Gasteiger partial charge in [-0.1, -0.05) is 40.0 Å². The molecule has 14 heavy (non-hydrogen) atoms. The first-order valence-electron chi connectivity index (χ1n) is 6.38. The summed E-state index contributed by atoms with van der Waals surface area (Å²) >= 11 is 0. The lowest BCUT2D eigenvalue weighted by Crippen LogP contribution is -2.38. The second-order valence-electron chi connectivity index (χ2n) is 5.48. The highest BCUT2D eigenvalue weighted by molar-refractivity contribution is 4.93. The predicted octanol–water partition coefficient (Wildman–Crippen LogP) is 3.72. The van der Waals surface area contributed by atoms with Crippen molar-refractivity contribution < 1.29 is 0 Å². The van der Waals surface area contributed by atoms with Gasteiger partial charge in [0.2, 0.25) is 0 Å². The highest BCUT2D eigenvalue weighted by Crippen LogP contribution is 2.38. The van der Waals surface area contributed by atoms with E-state index in [1.165, 1.54) is 44.9 Å². The van der Waals surface area contributed by atoms with Gasteiger partial charge in [0, 0.05) is 5.54 Å². The summed E-state index contributed by atoms with van der Waals surface area (Å²) < 4.78 is 0. The minimum Gasteiger partial charge on any atom is -0.325 e. The Labute approximate surface area is 89.5 Å². The Kier molecular flexibility index (Phi) is 4.43. The van der Waals surface area contributed by atoms with Crippen molar-refractivity contribution in [3.05, 3.63) is 0 Å². The molecule has 0 radical (unpaired) electrons. The van der Waals surface area contributed by atoms with Crippen LogP contribution in [0.5, 0.6) is 0 Å². The summed E-state index contributed by atoms with van der Waals surface area (Å²) in [6.07, 6.45) is 9.12. The Morgan fingerprint density at radius 1 is 1.43 bits per heavy atom. The van der Waals surface area contributed by atoms with E-state index in [0.29, 0.717) is 0 Å². The molecule has 0 aromatic rings. The summed E-state index contributed by atoms with van der Waals surface area (Å²) in [6.45, 7) is 6.92. The Balaban J connectivity index is 2.35. The van der Waals surface area contributed by atoms with Crippen LogP contribution in [0.15, 0.2) is 0 Å². The van der Waals surface area contributed by atoms with Crippen molar-refractivity contribution in [3.63, 3.8) is 0 Å². The van der Waals surface area contributed by atoms with Gasteiger partial charge in [-0.3, -0.25) is 0 Å². The molecule has 2 N–H and O–H groups in total. The first kappa shape index (κ1) is 12.0. The third kappa shape index (κ3) is 3.27. The van der Waals surface area contributed by atoms with Crippen LogP contribution in [0.25, 0.3) is 0 Å². The van der Waals surface area contributed by atoms with Gasteiger partial charge in [0.25, 0.3) is 0 Å². The van der Waals surface area contributed by atoms with Crippen LogP contribution in [0, 0.1) is 11.8 Å². The number of hydrogen-bond acceptors (Lipinski definition) is 1. The van der Waals surface area contributed by atoms with Crippen molar-refractivity contribution in [2.75, 3.05) is 0 Å². The van der Waals surface area contributed by atoms with Crippen molar-refractivity contribution in [2.24, 2.45) is 17.6 Å². The van der Waals surface area contributed by atoms with E-state index in [-0.39, 0.29) is 5.54 Å². The molecule has 1 aliphatic carbocycles. The van der Waals surface area contributed by atoms with E-state index >= 15 is 0 Å². The number of rotatable bonds is 5. The molecule has 0 aromatic carbocycles. The van der Waals surface area contributed by atoms with Crippen LogP contribution in [0.1, 0.15) is 65.7 Å². The molecule has 0 aliphatic heterocycles. The quantitative estimate of drug-likeness (QED) is 0.714. The van der Waals surface area contributed by atoms with Crippen LogP contribution in [-0.2, 0) is 0 Å². The summed E-state index contributed by atoms with van der Waals surface area (Å²) in [7, 11) is 0. The van der Waals surface area contributed by atoms with Gasteiger partial charge in [-0.25, -0.2) is 0 Å². The highest BCUT2D eigenvalue weighted by atomic mass is 14.8. The Bertz CT molecular complexity index is 167. The largest absolute Gasteiger partial charge is 0.325 e. The lowest BCUT2D eigenvalue weighted by molar-refractivity contribution is 0.311. The third-order valence-corrected chi connectivity index (χ3v) is 3.86. The van der Waals surface area contributed by atoms with Gasteiger partial charge in [0.15, 0.2) is 0 Å². The van der Waals surface area contributed by atoms with Gasteiger partial charge in [-0.2, -0.15) is 0 Å². The van der Waals surface area contributed by atoms with Crippen molar-refractivity contribution in [2.45, 2.75) is 71.3 Å². The van der Waals surface area contributed by atoms with Crippen molar-refractivity contribution in [1.29, 1.82) is 0 Å². The van der Waals surface area contributed by atoms with Crippen LogP contribution < -0.4 is 5.73 Å². The smallest absolute Gasteiger partial charge is 0.0159 e. The molecule has 1 heteroatoms. The van der Waals surface area contributed by atoms with Crippen LogP contribution in [0.3, 0.4) is 0 Å². The first-order chi connectivity index (χ1) is 6.59. The van der Waals surface area contributed by atoms with E-state index in [4.69, 9.17) is 5.73 Å². The van der Waals surface area contributed by atoms with Gasteiger partial charge in [0.1, 0.15) is 0 Å². The van der Waals surface area contributed by atoms with E-state index < -0.39 is 0 Å². The average molecular weight is 197 g/mol. The van der Waals surface area contributed by atoms with Crippen molar-refractivity contribution in [1.82, 2.24) is 0 Å². The van der Waals surface area contributed by atoms with E-state index in [1.54, 1.807) is 0 Å². The van der Waals surface area contributed by atoms with Gasteiger partial charge < -0.3 is 5.73 Å². The van der Waals surface area contributed by atoms with E-state index in [1.807, 2.05) is 0 Å². The van der Waals surface area contributed by atoms with Gasteiger partial charge >= 0.3 is 0 Å². The maximum absolute atomic E-state index is 6.46. The Hall–Kier alpha value is -0.0400. The molecule has 84 valence electrons. The molecule has 0 saturated heterocycles. The fraction of sp³-hybridized carbons (Fsp3) is 1.00. The van der Waals surface area contributed by atoms with Crippen molar-refractivity contribution >= 4 is 0 Å². The normalized spacial score (nSPS) is 34.7. The topological polar surface area (TPSA) is 26.0 Å². The molecule has 0 bridgehead atoms. The van der Waals surface area contributed by atoms with Crippen LogP contribution in [0.2, 0.25) is 0 Å². The van der Waals surface area contributed by atoms with Crippen LogP contribution in [0.4, 0.5) is 0 Å². The minimum atomic E-state index is 0.190. The molecule has 0 amide bonds. The molecule has 1 saturated carbocycles. The van der Waals surface area contributed by atoms with Gasteiger partial charge in [0.05, 0.1) is 0 Å². The molecule has 0 aromatic heterocycles. The summed E-state index contributed by atoms with van der Waals surface area (Å²) in [6, 6.07) is 0. The zero-order valence-electron chi connectivity index (χ0n) is 10.2. The molecule has 3 atom stereocenters. The van der Waals surface area contributed by atoms with E-state index in [0.717, 1.165) is 11.8 Å². The second-order valence-corrected chi connectivity index (χ2v) is 5.48. The monoisotopic (exact) mass is 197 g/mol. The lowest BCUT2D eigenvalue weighted by atomic mass is 9.85. The second kappa shape index (κ2) is 5.16. The SMILES string of the molecule is CCCC(C)CC1(N)CCC(CC)C1. The molecule has 3 unspecified atom stereocenters. The number of hydrogen-bond donors (Lipinski definition) is 1. The lowest BCUT2D eigenvalue weighted by Gasteiger charge is -2.27. The van der Waals surface area contributed by atoms with Gasteiger partial charge in [-0.05, 0) is 37.5 Å². The van der Waals surface area contributed by atoms with Crippen molar-refractivity contribution in [3.8, 4) is 0 Å². The number of nitrogens with two attached hydrogens (primary N) is 1. The molecular formula is C13H27N. The zero-order valence-corrected chi connectivity index (χ0v) is 10.2. The predicted molar refractivity (Wildman–Crippen MR) is 63.2 cm³/mol. The summed E-state index contributed by atoms with van der Waals surface area (Å²) in [5, 5.41) is 0. The summed E-state index contributed by atoms with van der Waals surface area (Å²) in [4.78, 5) is 0. The maximum Gasteiger partial charge on any atom is 0.0159 e. The molecule has 0 heterocycles. The Morgan fingerprint density at radius 2 is 2.14 bits per heavy atom. The minimum absolute atomic E-state index is 0.190. The summed E-state index contributed by atoms with van der Waals surface area (Å²) in [5.41, 5.74) is 6.65. The highest BCUT2D eigenvalue weighted by Gasteiger charge is 2.35. The molecular weight excluding hydrogens is 170 g/mol. The molecule has 1 nitrogen and oxygen atoms in total. The molecule has 1 fully saturated rings. The first-order valence-corrected chi connectivity index (χ1v) is 6.38. The Morgan fingerprint density at radius 3 is 2.64 bits per heavy atom. The van der Waals surface area contributed by atoms with Crippen LogP contribution >= 0.6 is 0 Å². The fourth-order valence-corrected chi connectivity index (χ4v) is 3.09. The van der Waals surface area contributed by atoms with E-state index in [2.05, 4.69) is 20.8 Å². The third-order valence-electron chi connectivity index (χ3n) is 3.86. The molecule has 1 rings (SSSR count). The summed E-state index contributed by atoms with van der Waals surface area (Å²) in [5.74, 6) is 1.73. The zero-order chi connectivity index (χ0) is 10.6. The average Bonchev–Trinajstić information content (AvgIpc) is 2.47. The maximum atomic E-state index is 6.46.